The third kappa shape index (κ3) is 5.50. The van der Waals surface area contributed by atoms with Crippen LogP contribution in [0.2, 0.25) is 0 Å². The molecule has 0 atom stereocenters. The first-order valence-corrected chi connectivity index (χ1v) is 8.61. The molecule has 152 valence electrons. The van der Waals surface area contributed by atoms with Gasteiger partial charge in [0.05, 0.1) is 19.3 Å². The van der Waals surface area contributed by atoms with Gasteiger partial charge in [0.1, 0.15) is 12.4 Å². The lowest BCUT2D eigenvalue weighted by molar-refractivity contribution is -0.141. The number of anilines is 1. The second-order valence-electron chi connectivity index (χ2n) is 6.09. The Hall–Kier alpha value is -3.49. The molecule has 1 aromatic heterocycles. The molecule has 1 amide bonds. The minimum atomic E-state index is -4.60. The topological polar surface area (TPSA) is 65.4 Å². The number of methoxy groups -OCH3 is 1. The maximum absolute atomic E-state index is 13.1. The molecular formula is C20H18F3N3O3. The SMILES string of the molecule is COc1ccc(Cn2nc(C(F)(F)F)cc2COC(=O)Nc2ccccc2)cc1. The summed E-state index contributed by atoms with van der Waals surface area (Å²) in [5.74, 6) is 0.631. The monoisotopic (exact) mass is 405 g/mol. The molecule has 0 saturated carbocycles. The van der Waals surface area contributed by atoms with Crippen LogP contribution in [0.4, 0.5) is 23.7 Å². The number of rotatable bonds is 6. The van der Waals surface area contributed by atoms with Crippen LogP contribution in [0.15, 0.2) is 60.7 Å². The molecule has 2 aromatic carbocycles. The number of benzene rings is 2. The molecule has 0 fully saturated rings. The summed E-state index contributed by atoms with van der Waals surface area (Å²) in [5.41, 5.74) is 0.308. The van der Waals surface area contributed by atoms with Gasteiger partial charge in [-0.2, -0.15) is 18.3 Å². The number of carbonyl (C=O) groups excluding carboxylic acids is 1. The lowest BCUT2D eigenvalue weighted by Gasteiger charge is -2.10. The quantitative estimate of drug-likeness (QED) is 0.645. The standard InChI is InChI=1S/C20H18F3N3O3/c1-28-17-9-7-14(8-10-17)12-26-16(11-18(25-26)20(21,22)23)13-29-19(27)24-15-5-3-2-4-6-15/h2-11H,12-13H2,1H3,(H,24,27). The predicted molar refractivity (Wildman–Crippen MR) is 99.6 cm³/mol. The Morgan fingerprint density at radius 2 is 1.79 bits per heavy atom. The molecule has 9 heteroatoms. The van der Waals surface area contributed by atoms with E-state index in [4.69, 9.17) is 9.47 Å². The highest BCUT2D eigenvalue weighted by Gasteiger charge is 2.35. The zero-order valence-electron chi connectivity index (χ0n) is 15.4. The minimum absolute atomic E-state index is 0.0824. The van der Waals surface area contributed by atoms with Crippen molar-refractivity contribution in [2.75, 3.05) is 12.4 Å². The number of para-hydroxylation sites is 1. The van der Waals surface area contributed by atoms with Gasteiger partial charge in [0.15, 0.2) is 5.69 Å². The van der Waals surface area contributed by atoms with E-state index in [9.17, 15) is 18.0 Å². The van der Waals surface area contributed by atoms with Crippen molar-refractivity contribution in [3.8, 4) is 5.75 Å². The summed E-state index contributed by atoms with van der Waals surface area (Å²) < 4.78 is 50.6. The van der Waals surface area contributed by atoms with Crippen molar-refractivity contribution in [2.45, 2.75) is 19.3 Å². The van der Waals surface area contributed by atoms with Crippen LogP contribution in [0.5, 0.6) is 5.75 Å². The van der Waals surface area contributed by atoms with Gasteiger partial charge >= 0.3 is 12.3 Å². The van der Waals surface area contributed by atoms with Gasteiger partial charge in [0.25, 0.3) is 0 Å². The minimum Gasteiger partial charge on any atom is -0.497 e. The first kappa shape index (κ1) is 20.2. The van der Waals surface area contributed by atoms with E-state index >= 15 is 0 Å². The Morgan fingerprint density at radius 1 is 1.10 bits per heavy atom. The molecule has 0 aliphatic carbocycles. The van der Waals surface area contributed by atoms with Gasteiger partial charge in [-0.05, 0) is 35.9 Å². The molecule has 3 aromatic rings. The average molecular weight is 405 g/mol. The van der Waals surface area contributed by atoms with Crippen molar-refractivity contribution in [3.05, 3.63) is 77.6 Å². The molecule has 0 aliphatic heterocycles. The first-order chi connectivity index (χ1) is 13.8. The van der Waals surface area contributed by atoms with Crippen LogP contribution in [0.3, 0.4) is 0 Å². The van der Waals surface area contributed by atoms with Gasteiger partial charge in [-0.25, -0.2) is 4.79 Å². The van der Waals surface area contributed by atoms with Crippen molar-refractivity contribution in [1.82, 2.24) is 9.78 Å². The number of amides is 1. The largest absolute Gasteiger partial charge is 0.497 e. The second-order valence-corrected chi connectivity index (χ2v) is 6.09. The summed E-state index contributed by atoms with van der Waals surface area (Å²) in [6.45, 7) is -0.281. The van der Waals surface area contributed by atoms with E-state index in [0.717, 1.165) is 11.6 Å². The average Bonchev–Trinajstić information content (AvgIpc) is 3.11. The zero-order valence-corrected chi connectivity index (χ0v) is 15.4. The number of hydrogen-bond donors (Lipinski definition) is 1. The number of ether oxygens (including phenoxy) is 2. The highest BCUT2D eigenvalue weighted by Crippen LogP contribution is 2.29. The third-order valence-corrected chi connectivity index (χ3v) is 4.02. The third-order valence-electron chi connectivity index (χ3n) is 4.02. The summed E-state index contributed by atoms with van der Waals surface area (Å²) in [6, 6.07) is 16.3. The van der Waals surface area contributed by atoms with Crippen LogP contribution in [0.1, 0.15) is 17.0 Å². The molecule has 0 radical (unpaired) electrons. The second kappa shape index (κ2) is 8.68. The fourth-order valence-electron chi connectivity index (χ4n) is 2.57. The summed E-state index contributed by atoms with van der Waals surface area (Å²) in [7, 11) is 1.52. The van der Waals surface area contributed by atoms with Crippen molar-refractivity contribution in [1.29, 1.82) is 0 Å². The predicted octanol–water partition coefficient (Wildman–Crippen LogP) is 4.71. The molecule has 0 saturated heterocycles. The van der Waals surface area contributed by atoms with Crippen molar-refractivity contribution < 1.29 is 27.4 Å². The van der Waals surface area contributed by atoms with E-state index in [1.165, 1.54) is 11.8 Å². The number of nitrogens with one attached hydrogen (secondary N) is 1. The van der Waals surface area contributed by atoms with Crippen molar-refractivity contribution in [3.63, 3.8) is 0 Å². The molecular weight excluding hydrogens is 387 g/mol. The molecule has 0 unspecified atom stereocenters. The molecule has 0 aliphatic rings. The fourth-order valence-corrected chi connectivity index (χ4v) is 2.57. The number of nitrogens with zero attached hydrogens (tertiary/aromatic N) is 2. The normalized spacial score (nSPS) is 11.2. The highest BCUT2D eigenvalue weighted by atomic mass is 19.4. The molecule has 0 bridgehead atoms. The van der Waals surface area contributed by atoms with Crippen LogP contribution in [-0.2, 0) is 24.1 Å². The first-order valence-electron chi connectivity index (χ1n) is 8.61. The van der Waals surface area contributed by atoms with Gasteiger partial charge in [-0.1, -0.05) is 30.3 Å². The van der Waals surface area contributed by atoms with Gasteiger partial charge in [0.2, 0.25) is 0 Å². The number of alkyl halides is 3. The van der Waals surface area contributed by atoms with Crippen molar-refractivity contribution in [2.24, 2.45) is 0 Å². The summed E-state index contributed by atoms with van der Waals surface area (Å²) >= 11 is 0. The summed E-state index contributed by atoms with van der Waals surface area (Å²) in [4.78, 5) is 11.9. The molecule has 3 rings (SSSR count). The summed E-state index contributed by atoms with van der Waals surface area (Å²) in [5, 5.41) is 6.13. The molecule has 1 N–H and O–H groups in total. The Balaban J connectivity index is 1.73. The van der Waals surface area contributed by atoms with Crippen LogP contribution < -0.4 is 10.1 Å². The maximum atomic E-state index is 13.1. The fraction of sp³-hybridized carbons (Fsp3) is 0.200. The summed E-state index contributed by atoms with van der Waals surface area (Å²) in [6.07, 6.45) is -5.38. The van der Waals surface area contributed by atoms with Gasteiger partial charge < -0.3 is 9.47 Å². The van der Waals surface area contributed by atoms with Crippen LogP contribution in [0, 0.1) is 0 Å². The van der Waals surface area contributed by atoms with E-state index in [2.05, 4.69) is 10.4 Å². The Bertz CT molecular complexity index is 955. The van der Waals surface area contributed by atoms with E-state index in [0.29, 0.717) is 11.4 Å². The number of halogens is 3. The van der Waals surface area contributed by atoms with E-state index in [-0.39, 0.29) is 18.8 Å². The van der Waals surface area contributed by atoms with Crippen LogP contribution in [0.25, 0.3) is 0 Å². The smallest absolute Gasteiger partial charge is 0.435 e. The lowest BCUT2D eigenvalue weighted by atomic mass is 10.2. The van der Waals surface area contributed by atoms with Crippen molar-refractivity contribution >= 4 is 11.8 Å². The number of carbonyl (C=O) groups is 1. The van der Waals surface area contributed by atoms with E-state index in [1.807, 2.05) is 0 Å². The van der Waals surface area contributed by atoms with E-state index < -0.39 is 18.0 Å². The molecule has 1 heterocycles. The molecule has 0 spiro atoms. The Kier molecular flexibility index (Phi) is 6.06. The van der Waals surface area contributed by atoms with Gasteiger partial charge in [-0.3, -0.25) is 10.00 Å². The Labute approximate surface area is 164 Å². The number of aromatic nitrogens is 2. The molecule has 29 heavy (non-hydrogen) atoms. The highest BCUT2D eigenvalue weighted by molar-refractivity contribution is 5.84. The van der Waals surface area contributed by atoms with Gasteiger partial charge in [-0.15, -0.1) is 0 Å². The lowest BCUT2D eigenvalue weighted by Crippen LogP contribution is -2.15. The molecule has 6 nitrogen and oxygen atoms in total. The number of hydrogen-bond acceptors (Lipinski definition) is 4. The van der Waals surface area contributed by atoms with E-state index in [1.54, 1.807) is 54.6 Å². The van der Waals surface area contributed by atoms with Crippen LogP contribution in [-0.4, -0.2) is 23.0 Å². The van der Waals surface area contributed by atoms with Gasteiger partial charge in [0, 0.05) is 5.69 Å². The maximum Gasteiger partial charge on any atom is 0.435 e. The zero-order chi connectivity index (χ0) is 20.9. The Morgan fingerprint density at radius 3 is 2.41 bits per heavy atom. The van der Waals surface area contributed by atoms with Crippen LogP contribution >= 0.6 is 0 Å².